The fourth-order valence-corrected chi connectivity index (χ4v) is 2.00. The molecule has 0 bridgehead atoms. The van der Waals surface area contributed by atoms with Gasteiger partial charge >= 0.3 is 0 Å². The SMILES string of the molecule is COc1ccc(C(=O)Nc2ccc(CBr)cc2)cc1. The van der Waals surface area contributed by atoms with Crippen molar-refractivity contribution in [3.8, 4) is 5.75 Å². The van der Waals surface area contributed by atoms with Crippen molar-refractivity contribution in [3.05, 3.63) is 59.7 Å². The quantitative estimate of drug-likeness (QED) is 0.869. The number of methoxy groups -OCH3 is 1. The molecule has 2 aromatic rings. The number of carbonyl (C=O) groups is 1. The zero-order chi connectivity index (χ0) is 13.7. The highest BCUT2D eigenvalue weighted by molar-refractivity contribution is 9.08. The third kappa shape index (κ3) is 3.58. The summed E-state index contributed by atoms with van der Waals surface area (Å²) < 4.78 is 5.06. The van der Waals surface area contributed by atoms with Crippen molar-refractivity contribution in [2.45, 2.75) is 5.33 Å². The Kier molecular flexibility index (Phi) is 4.58. The molecule has 2 aromatic carbocycles. The maximum atomic E-state index is 12.0. The van der Waals surface area contributed by atoms with Gasteiger partial charge in [-0.1, -0.05) is 28.1 Å². The molecule has 2 rings (SSSR count). The molecule has 0 saturated carbocycles. The van der Waals surface area contributed by atoms with Crippen LogP contribution in [0, 0.1) is 0 Å². The van der Waals surface area contributed by atoms with Crippen LogP contribution >= 0.6 is 15.9 Å². The van der Waals surface area contributed by atoms with Crippen molar-refractivity contribution in [1.29, 1.82) is 0 Å². The molecule has 0 spiro atoms. The van der Waals surface area contributed by atoms with Gasteiger partial charge in [-0.05, 0) is 42.0 Å². The minimum Gasteiger partial charge on any atom is -0.497 e. The van der Waals surface area contributed by atoms with E-state index in [1.807, 2.05) is 24.3 Å². The Labute approximate surface area is 120 Å². The molecular weight excluding hydrogens is 306 g/mol. The number of carbonyl (C=O) groups excluding carboxylic acids is 1. The highest BCUT2D eigenvalue weighted by Gasteiger charge is 2.06. The predicted octanol–water partition coefficient (Wildman–Crippen LogP) is 3.84. The maximum Gasteiger partial charge on any atom is 0.255 e. The number of halogens is 1. The molecule has 0 heterocycles. The number of alkyl halides is 1. The van der Waals surface area contributed by atoms with Crippen molar-refractivity contribution >= 4 is 27.5 Å². The van der Waals surface area contributed by atoms with Gasteiger partial charge in [-0.3, -0.25) is 4.79 Å². The lowest BCUT2D eigenvalue weighted by Gasteiger charge is -2.06. The van der Waals surface area contributed by atoms with Gasteiger partial charge in [-0.25, -0.2) is 0 Å². The van der Waals surface area contributed by atoms with Crippen LogP contribution in [0.3, 0.4) is 0 Å². The van der Waals surface area contributed by atoms with Crippen LogP contribution in [-0.2, 0) is 5.33 Å². The molecule has 0 radical (unpaired) electrons. The first-order valence-corrected chi connectivity index (χ1v) is 6.95. The largest absolute Gasteiger partial charge is 0.497 e. The van der Waals surface area contributed by atoms with E-state index in [1.165, 1.54) is 5.56 Å². The van der Waals surface area contributed by atoms with Crippen LogP contribution in [0.1, 0.15) is 15.9 Å². The average Bonchev–Trinajstić information content (AvgIpc) is 2.48. The zero-order valence-corrected chi connectivity index (χ0v) is 12.1. The second-order valence-corrected chi connectivity index (χ2v) is 4.57. The molecule has 3 nitrogen and oxygen atoms in total. The molecule has 1 amide bonds. The summed E-state index contributed by atoms with van der Waals surface area (Å²) in [5.41, 5.74) is 2.55. The van der Waals surface area contributed by atoms with Gasteiger partial charge in [0.2, 0.25) is 0 Å². The molecule has 0 aliphatic carbocycles. The standard InChI is InChI=1S/C15H14BrNO2/c1-19-14-8-4-12(5-9-14)15(18)17-13-6-2-11(10-16)3-7-13/h2-9H,10H2,1H3,(H,17,18). The first kappa shape index (κ1) is 13.6. The van der Waals surface area contributed by atoms with Gasteiger partial charge in [-0.2, -0.15) is 0 Å². The van der Waals surface area contributed by atoms with E-state index in [4.69, 9.17) is 4.74 Å². The normalized spacial score (nSPS) is 10.0. The molecule has 4 heteroatoms. The highest BCUT2D eigenvalue weighted by Crippen LogP contribution is 2.15. The predicted molar refractivity (Wildman–Crippen MR) is 80.0 cm³/mol. The summed E-state index contributed by atoms with van der Waals surface area (Å²) in [6.07, 6.45) is 0. The Balaban J connectivity index is 2.06. The molecule has 1 N–H and O–H groups in total. The van der Waals surface area contributed by atoms with E-state index in [9.17, 15) is 4.79 Å². The Morgan fingerprint density at radius 2 is 1.74 bits per heavy atom. The van der Waals surface area contributed by atoms with E-state index >= 15 is 0 Å². The van der Waals surface area contributed by atoms with Crippen molar-refractivity contribution in [2.24, 2.45) is 0 Å². The van der Waals surface area contributed by atoms with Gasteiger partial charge in [0.15, 0.2) is 0 Å². The Morgan fingerprint density at radius 3 is 2.26 bits per heavy atom. The third-order valence-electron chi connectivity index (χ3n) is 2.72. The van der Waals surface area contributed by atoms with Crippen LogP contribution in [0.4, 0.5) is 5.69 Å². The van der Waals surface area contributed by atoms with E-state index in [2.05, 4.69) is 21.2 Å². The Morgan fingerprint density at radius 1 is 1.11 bits per heavy atom. The number of rotatable bonds is 4. The van der Waals surface area contributed by atoms with Crippen LogP contribution in [0.15, 0.2) is 48.5 Å². The molecular formula is C15H14BrNO2. The van der Waals surface area contributed by atoms with E-state index in [-0.39, 0.29) is 5.91 Å². The van der Waals surface area contributed by atoms with Crippen LogP contribution < -0.4 is 10.1 Å². The van der Waals surface area contributed by atoms with Crippen molar-refractivity contribution < 1.29 is 9.53 Å². The smallest absolute Gasteiger partial charge is 0.255 e. The fraction of sp³-hybridized carbons (Fsp3) is 0.133. The molecule has 0 unspecified atom stereocenters. The van der Waals surface area contributed by atoms with E-state index < -0.39 is 0 Å². The van der Waals surface area contributed by atoms with Crippen LogP contribution in [0.25, 0.3) is 0 Å². The zero-order valence-electron chi connectivity index (χ0n) is 10.5. The first-order chi connectivity index (χ1) is 9.22. The number of ether oxygens (including phenoxy) is 1. The van der Waals surface area contributed by atoms with E-state index in [0.717, 1.165) is 16.8 Å². The summed E-state index contributed by atoms with van der Waals surface area (Å²) in [4.78, 5) is 12.0. The summed E-state index contributed by atoms with van der Waals surface area (Å²) in [5.74, 6) is 0.604. The topological polar surface area (TPSA) is 38.3 Å². The summed E-state index contributed by atoms with van der Waals surface area (Å²) in [6.45, 7) is 0. The molecule has 0 aliphatic rings. The van der Waals surface area contributed by atoms with Gasteiger partial charge in [0.25, 0.3) is 5.91 Å². The van der Waals surface area contributed by atoms with Crippen LogP contribution in [0.2, 0.25) is 0 Å². The lowest BCUT2D eigenvalue weighted by Crippen LogP contribution is -2.11. The van der Waals surface area contributed by atoms with Crippen molar-refractivity contribution in [3.63, 3.8) is 0 Å². The fourth-order valence-electron chi connectivity index (χ4n) is 1.62. The number of hydrogen-bond donors (Lipinski definition) is 1. The second kappa shape index (κ2) is 6.38. The molecule has 0 saturated heterocycles. The molecule has 0 fully saturated rings. The average molecular weight is 320 g/mol. The number of anilines is 1. The number of benzene rings is 2. The monoisotopic (exact) mass is 319 g/mol. The number of amides is 1. The minimum absolute atomic E-state index is 0.130. The van der Waals surface area contributed by atoms with Gasteiger partial charge in [0, 0.05) is 16.6 Å². The summed E-state index contributed by atoms with van der Waals surface area (Å²) in [7, 11) is 1.60. The highest BCUT2D eigenvalue weighted by atomic mass is 79.9. The molecule has 98 valence electrons. The molecule has 0 aliphatic heterocycles. The van der Waals surface area contributed by atoms with Crippen molar-refractivity contribution in [2.75, 3.05) is 12.4 Å². The van der Waals surface area contributed by atoms with Crippen LogP contribution in [0.5, 0.6) is 5.75 Å². The Bertz CT molecular complexity index is 549. The molecule has 19 heavy (non-hydrogen) atoms. The lowest BCUT2D eigenvalue weighted by atomic mass is 10.2. The maximum absolute atomic E-state index is 12.0. The van der Waals surface area contributed by atoms with Gasteiger partial charge in [0.1, 0.15) is 5.75 Å². The van der Waals surface area contributed by atoms with E-state index in [1.54, 1.807) is 31.4 Å². The minimum atomic E-state index is -0.130. The summed E-state index contributed by atoms with van der Waals surface area (Å²) >= 11 is 3.38. The van der Waals surface area contributed by atoms with Crippen molar-refractivity contribution in [1.82, 2.24) is 0 Å². The molecule has 0 aromatic heterocycles. The van der Waals surface area contributed by atoms with Gasteiger partial charge < -0.3 is 10.1 Å². The van der Waals surface area contributed by atoms with Crippen LogP contribution in [-0.4, -0.2) is 13.0 Å². The third-order valence-corrected chi connectivity index (χ3v) is 3.37. The second-order valence-electron chi connectivity index (χ2n) is 4.01. The number of hydrogen-bond acceptors (Lipinski definition) is 2. The lowest BCUT2D eigenvalue weighted by molar-refractivity contribution is 0.102. The van der Waals surface area contributed by atoms with Gasteiger partial charge in [-0.15, -0.1) is 0 Å². The number of nitrogens with one attached hydrogen (secondary N) is 1. The summed E-state index contributed by atoms with van der Waals surface area (Å²) in [5, 5.41) is 3.66. The van der Waals surface area contributed by atoms with E-state index in [0.29, 0.717) is 5.56 Å². The first-order valence-electron chi connectivity index (χ1n) is 5.83. The molecule has 0 atom stereocenters. The Hall–Kier alpha value is -1.81. The summed E-state index contributed by atoms with van der Waals surface area (Å²) in [6, 6.07) is 14.7. The van der Waals surface area contributed by atoms with Gasteiger partial charge in [0.05, 0.1) is 7.11 Å².